The van der Waals surface area contributed by atoms with Gasteiger partial charge in [-0.15, -0.1) is 0 Å². The molecule has 3 aromatic rings. The molecule has 0 amide bonds. The maximum atomic E-state index is 11.2. The molecule has 3 rings (SSSR count). The van der Waals surface area contributed by atoms with Crippen LogP contribution in [0.15, 0.2) is 54.7 Å². The molecule has 4 heteroatoms. The van der Waals surface area contributed by atoms with E-state index in [0.29, 0.717) is 5.56 Å². The summed E-state index contributed by atoms with van der Waals surface area (Å²) in [6.45, 7) is 0. The van der Waals surface area contributed by atoms with E-state index in [0.717, 1.165) is 22.3 Å². The Hall–Kier alpha value is -2.75. The first-order chi connectivity index (χ1) is 9.70. The number of rotatable bonds is 3. The van der Waals surface area contributed by atoms with Crippen LogP contribution < -0.4 is 4.74 Å². The van der Waals surface area contributed by atoms with Gasteiger partial charge in [0.25, 0.3) is 0 Å². The molecule has 0 aliphatic rings. The average Bonchev–Trinajstić information content (AvgIpc) is 2.91. The maximum absolute atomic E-state index is 11.2. The van der Waals surface area contributed by atoms with Crippen LogP contribution in [0, 0.1) is 0 Å². The van der Waals surface area contributed by atoms with Crippen molar-refractivity contribution < 1.29 is 14.6 Å². The fourth-order valence-corrected chi connectivity index (χ4v) is 2.32. The summed E-state index contributed by atoms with van der Waals surface area (Å²) in [6.07, 6.45) is 1.87. The van der Waals surface area contributed by atoms with Gasteiger partial charge < -0.3 is 14.4 Å². The van der Waals surface area contributed by atoms with Gasteiger partial charge in [-0.1, -0.05) is 6.07 Å². The molecule has 0 aliphatic carbocycles. The van der Waals surface area contributed by atoms with Crippen LogP contribution in [-0.2, 0) is 0 Å². The maximum Gasteiger partial charge on any atom is 0.336 e. The summed E-state index contributed by atoms with van der Waals surface area (Å²) in [7, 11) is 1.62. The lowest BCUT2D eigenvalue weighted by molar-refractivity contribution is 0.0699. The Morgan fingerprint density at radius 2 is 1.85 bits per heavy atom. The van der Waals surface area contributed by atoms with Crippen LogP contribution in [0.4, 0.5) is 0 Å². The number of hydrogen-bond donors (Lipinski definition) is 1. The highest BCUT2D eigenvalue weighted by atomic mass is 16.5. The van der Waals surface area contributed by atoms with E-state index in [1.54, 1.807) is 19.2 Å². The van der Waals surface area contributed by atoms with E-state index < -0.39 is 5.97 Å². The lowest BCUT2D eigenvalue weighted by atomic mass is 10.1. The third kappa shape index (κ3) is 1.91. The minimum Gasteiger partial charge on any atom is -0.497 e. The monoisotopic (exact) mass is 267 g/mol. The molecule has 4 nitrogen and oxygen atoms in total. The molecule has 0 fully saturated rings. The molecule has 20 heavy (non-hydrogen) atoms. The smallest absolute Gasteiger partial charge is 0.336 e. The van der Waals surface area contributed by atoms with Crippen LogP contribution in [0.25, 0.3) is 16.6 Å². The largest absolute Gasteiger partial charge is 0.497 e. The second-order valence-corrected chi connectivity index (χ2v) is 4.43. The van der Waals surface area contributed by atoms with Crippen molar-refractivity contribution in [2.24, 2.45) is 0 Å². The van der Waals surface area contributed by atoms with Crippen molar-refractivity contribution in [3.63, 3.8) is 0 Å². The second-order valence-electron chi connectivity index (χ2n) is 4.43. The number of nitrogens with zero attached hydrogens (tertiary/aromatic N) is 1. The summed E-state index contributed by atoms with van der Waals surface area (Å²) >= 11 is 0. The van der Waals surface area contributed by atoms with Crippen LogP contribution in [0.1, 0.15) is 10.4 Å². The van der Waals surface area contributed by atoms with Crippen LogP contribution in [0.3, 0.4) is 0 Å². The van der Waals surface area contributed by atoms with Gasteiger partial charge in [-0.25, -0.2) is 4.79 Å². The third-order valence-corrected chi connectivity index (χ3v) is 3.31. The van der Waals surface area contributed by atoms with Crippen molar-refractivity contribution in [1.29, 1.82) is 0 Å². The van der Waals surface area contributed by atoms with Gasteiger partial charge in [0.1, 0.15) is 5.75 Å². The van der Waals surface area contributed by atoms with Gasteiger partial charge in [-0.3, -0.25) is 0 Å². The Bertz CT molecular complexity index is 772. The zero-order valence-corrected chi connectivity index (χ0v) is 10.9. The standard InChI is InChI=1S/C16H13NO3/c1-20-12-7-5-11(6-8-12)17-10-9-13-14(16(18)19)3-2-4-15(13)17/h2-10H,1H3,(H,18,19). The number of benzene rings is 2. The molecule has 0 aliphatic heterocycles. The third-order valence-electron chi connectivity index (χ3n) is 3.31. The fourth-order valence-electron chi connectivity index (χ4n) is 2.32. The van der Waals surface area contributed by atoms with E-state index in [-0.39, 0.29) is 0 Å². The van der Waals surface area contributed by atoms with E-state index in [1.807, 2.05) is 47.2 Å². The molecule has 1 N–H and O–H groups in total. The summed E-state index contributed by atoms with van der Waals surface area (Å²) < 4.78 is 7.10. The molecule has 0 saturated carbocycles. The van der Waals surface area contributed by atoms with Crippen molar-refractivity contribution >= 4 is 16.9 Å². The van der Waals surface area contributed by atoms with Gasteiger partial charge >= 0.3 is 5.97 Å². The number of aromatic carboxylic acids is 1. The van der Waals surface area contributed by atoms with E-state index in [1.165, 1.54) is 0 Å². The Balaban J connectivity index is 2.17. The summed E-state index contributed by atoms with van der Waals surface area (Å²) in [5, 5.41) is 9.94. The summed E-state index contributed by atoms with van der Waals surface area (Å²) in [5.74, 6) is -0.125. The molecule has 0 saturated heterocycles. The number of carboxylic acids is 1. The van der Waals surface area contributed by atoms with Crippen LogP contribution in [0.2, 0.25) is 0 Å². The molecular formula is C16H13NO3. The van der Waals surface area contributed by atoms with Crippen molar-refractivity contribution in [3.05, 3.63) is 60.3 Å². The van der Waals surface area contributed by atoms with Crippen molar-refractivity contribution in [2.45, 2.75) is 0 Å². The number of aromatic nitrogens is 1. The lowest BCUT2D eigenvalue weighted by Crippen LogP contribution is -1.97. The minimum atomic E-state index is -0.914. The number of hydrogen-bond acceptors (Lipinski definition) is 2. The molecule has 2 aromatic carbocycles. The first kappa shape index (κ1) is 12.3. The highest BCUT2D eigenvalue weighted by Crippen LogP contribution is 2.24. The van der Waals surface area contributed by atoms with Crippen molar-refractivity contribution in [3.8, 4) is 11.4 Å². The molecule has 100 valence electrons. The normalized spacial score (nSPS) is 10.7. The van der Waals surface area contributed by atoms with Gasteiger partial charge in [-0.2, -0.15) is 0 Å². The number of carbonyl (C=O) groups is 1. The van der Waals surface area contributed by atoms with Gasteiger partial charge in [-0.05, 0) is 42.5 Å². The Kier molecular flexibility index (Phi) is 2.91. The zero-order valence-electron chi connectivity index (χ0n) is 10.9. The molecule has 0 bridgehead atoms. The molecule has 1 aromatic heterocycles. The first-order valence-electron chi connectivity index (χ1n) is 6.18. The van der Waals surface area contributed by atoms with Crippen LogP contribution >= 0.6 is 0 Å². The van der Waals surface area contributed by atoms with Gasteiger partial charge in [0.05, 0.1) is 18.2 Å². The topological polar surface area (TPSA) is 51.5 Å². The highest BCUT2D eigenvalue weighted by molar-refractivity contribution is 6.03. The predicted octanol–water partition coefficient (Wildman–Crippen LogP) is 3.34. The highest BCUT2D eigenvalue weighted by Gasteiger charge is 2.11. The molecule has 0 spiro atoms. The van der Waals surface area contributed by atoms with Crippen molar-refractivity contribution in [1.82, 2.24) is 4.57 Å². The van der Waals surface area contributed by atoms with E-state index in [4.69, 9.17) is 4.74 Å². The molecule has 0 atom stereocenters. The predicted molar refractivity (Wildman–Crippen MR) is 76.8 cm³/mol. The molecule has 0 unspecified atom stereocenters. The van der Waals surface area contributed by atoms with Gasteiger partial charge in [0.2, 0.25) is 0 Å². The van der Waals surface area contributed by atoms with E-state index >= 15 is 0 Å². The molecular weight excluding hydrogens is 254 g/mol. The van der Waals surface area contributed by atoms with Gasteiger partial charge in [0.15, 0.2) is 0 Å². The van der Waals surface area contributed by atoms with E-state index in [9.17, 15) is 9.90 Å². The minimum absolute atomic E-state index is 0.315. The van der Waals surface area contributed by atoms with Gasteiger partial charge in [0, 0.05) is 17.3 Å². The fraction of sp³-hybridized carbons (Fsp3) is 0.0625. The number of ether oxygens (including phenoxy) is 1. The second kappa shape index (κ2) is 4.74. The van der Waals surface area contributed by atoms with Crippen LogP contribution in [0.5, 0.6) is 5.75 Å². The number of methoxy groups -OCH3 is 1. The molecule has 1 heterocycles. The number of carboxylic acid groups (broad SMARTS) is 1. The Morgan fingerprint density at radius 1 is 1.10 bits per heavy atom. The van der Waals surface area contributed by atoms with E-state index in [2.05, 4.69) is 0 Å². The molecule has 0 radical (unpaired) electrons. The summed E-state index contributed by atoms with van der Waals surface area (Å²) in [4.78, 5) is 11.2. The summed E-state index contributed by atoms with van der Waals surface area (Å²) in [5.41, 5.74) is 2.15. The SMILES string of the molecule is COc1ccc(-n2ccc3c(C(=O)O)cccc32)cc1. The Morgan fingerprint density at radius 3 is 2.50 bits per heavy atom. The van der Waals surface area contributed by atoms with Crippen LogP contribution in [-0.4, -0.2) is 22.8 Å². The zero-order chi connectivity index (χ0) is 14.1. The Labute approximate surface area is 115 Å². The average molecular weight is 267 g/mol. The first-order valence-corrected chi connectivity index (χ1v) is 6.18. The number of fused-ring (bicyclic) bond motifs is 1. The summed E-state index contributed by atoms with van der Waals surface area (Å²) in [6, 6.07) is 14.7. The lowest BCUT2D eigenvalue weighted by Gasteiger charge is -2.07. The van der Waals surface area contributed by atoms with Crippen molar-refractivity contribution in [2.75, 3.05) is 7.11 Å². The quantitative estimate of drug-likeness (QED) is 0.791.